The van der Waals surface area contributed by atoms with Crippen LogP contribution in [0.4, 0.5) is 0 Å². The average Bonchev–Trinajstić information content (AvgIpc) is 2.41. The number of amides is 1. The number of hydrogen-bond acceptors (Lipinski definition) is 3. The standard InChI is InChI=1S/C14H20N2OS/c1-3-15-6-8-16(9-7-15)14(17)13-10-12(18)5-4-11(13)2/h4-5,10,18H,3,6-9H2,1-2H3. The molecule has 98 valence electrons. The molecule has 3 nitrogen and oxygen atoms in total. The van der Waals surface area contributed by atoms with E-state index in [1.807, 2.05) is 30.0 Å². The van der Waals surface area contributed by atoms with Crippen LogP contribution < -0.4 is 0 Å². The number of carbonyl (C=O) groups is 1. The Morgan fingerprint density at radius 2 is 1.94 bits per heavy atom. The SMILES string of the molecule is CCN1CCN(C(=O)c2cc(S)ccc2C)CC1. The lowest BCUT2D eigenvalue weighted by Gasteiger charge is -2.34. The van der Waals surface area contributed by atoms with Crippen LogP contribution in [0.15, 0.2) is 23.1 Å². The zero-order valence-corrected chi connectivity index (χ0v) is 11.9. The van der Waals surface area contributed by atoms with E-state index in [1.165, 1.54) is 0 Å². The highest BCUT2D eigenvalue weighted by molar-refractivity contribution is 7.80. The van der Waals surface area contributed by atoms with Gasteiger partial charge in [0, 0.05) is 36.6 Å². The molecule has 1 heterocycles. The molecule has 0 radical (unpaired) electrons. The van der Waals surface area contributed by atoms with E-state index in [9.17, 15) is 4.79 Å². The molecular weight excluding hydrogens is 244 g/mol. The molecule has 1 fully saturated rings. The Morgan fingerprint density at radius 3 is 2.56 bits per heavy atom. The van der Waals surface area contributed by atoms with Gasteiger partial charge in [0.1, 0.15) is 0 Å². The van der Waals surface area contributed by atoms with Gasteiger partial charge in [-0.15, -0.1) is 12.6 Å². The minimum absolute atomic E-state index is 0.138. The normalized spacial score (nSPS) is 16.9. The fraction of sp³-hybridized carbons (Fsp3) is 0.500. The number of piperazine rings is 1. The number of nitrogens with zero attached hydrogens (tertiary/aromatic N) is 2. The van der Waals surface area contributed by atoms with Crippen LogP contribution in [0.1, 0.15) is 22.8 Å². The van der Waals surface area contributed by atoms with E-state index in [4.69, 9.17) is 0 Å². The lowest BCUT2D eigenvalue weighted by atomic mass is 10.1. The first-order chi connectivity index (χ1) is 8.61. The molecule has 1 aromatic rings. The Bertz CT molecular complexity index is 439. The third kappa shape index (κ3) is 2.87. The molecule has 1 amide bonds. The highest BCUT2D eigenvalue weighted by atomic mass is 32.1. The molecule has 1 aromatic carbocycles. The van der Waals surface area contributed by atoms with Crippen LogP contribution in [0, 0.1) is 6.92 Å². The second-order valence-electron chi connectivity index (χ2n) is 4.73. The molecule has 0 atom stereocenters. The van der Waals surface area contributed by atoms with E-state index >= 15 is 0 Å². The first-order valence-corrected chi connectivity index (χ1v) is 6.87. The topological polar surface area (TPSA) is 23.6 Å². The first-order valence-electron chi connectivity index (χ1n) is 6.43. The maximum absolute atomic E-state index is 12.4. The Morgan fingerprint density at radius 1 is 1.28 bits per heavy atom. The number of carbonyl (C=O) groups excluding carboxylic acids is 1. The Labute approximate surface area is 114 Å². The number of aryl methyl sites for hydroxylation is 1. The van der Waals surface area contributed by atoms with Gasteiger partial charge in [-0.2, -0.15) is 0 Å². The van der Waals surface area contributed by atoms with Gasteiger partial charge in [-0.25, -0.2) is 0 Å². The second kappa shape index (κ2) is 5.76. The number of benzene rings is 1. The summed E-state index contributed by atoms with van der Waals surface area (Å²) < 4.78 is 0. The van der Waals surface area contributed by atoms with Gasteiger partial charge in [-0.05, 0) is 31.2 Å². The van der Waals surface area contributed by atoms with Crippen molar-refractivity contribution in [2.45, 2.75) is 18.7 Å². The Kier molecular flexibility index (Phi) is 4.30. The van der Waals surface area contributed by atoms with Crippen molar-refractivity contribution in [3.8, 4) is 0 Å². The molecule has 0 bridgehead atoms. The molecule has 0 N–H and O–H groups in total. The molecule has 0 unspecified atom stereocenters. The van der Waals surface area contributed by atoms with Gasteiger partial charge in [0.15, 0.2) is 0 Å². The molecular formula is C14H20N2OS. The van der Waals surface area contributed by atoms with E-state index in [0.717, 1.165) is 48.7 Å². The zero-order valence-electron chi connectivity index (χ0n) is 11.0. The van der Waals surface area contributed by atoms with Crippen LogP contribution >= 0.6 is 12.6 Å². The highest BCUT2D eigenvalue weighted by Gasteiger charge is 2.22. The first kappa shape index (κ1) is 13.4. The van der Waals surface area contributed by atoms with Crippen LogP contribution in [0.5, 0.6) is 0 Å². The summed E-state index contributed by atoms with van der Waals surface area (Å²) in [4.78, 5) is 17.6. The van der Waals surface area contributed by atoms with Crippen LogP contribution in [0.25, 0.3) is 0 Å². The van der Waals surface area contributed by atoms with Gasteiger partial charge >= 0.3 is 0 Å². The summed E-state index contributed by atoms with van der Waals surface area (Å²) in [5.74, 6) is 0.138. The van der Waals surface area contributed by atoms with Crippen molar-refractivity contribution in [1.29, 1.82) is 0 Å². The molecule has 0 aliphatic carbocycles. The minimum Gasteiger partial charge on any atom is -0.336 e. The second-order valence-corrected chi connectivity index (χ2v) is 5.24. The molecule has 0 aromatic heterocycles. The maximum Gasteiger partial charge on any atom is 0.254 e. The third-order valence-corrected chi connectivity index (χ3v) is 3.84. The Hall–Kier alpha value is -1.00. The van der Waals surface area contributed by atoms with Gasteiger partial charge < -0.3 is 9.80 Å². The molecule has 4 heteroatoms. The largest absolute Gasteiger partial charge is 0.336 e. The van der Waals surface area contributed by atoms with E-state index in [0.29, 0.717) is 0 Å². The van der Waals surface area contributed by atoms with Crippen molar-refractivity contribution in [2.24, 2.45) is 0 Å². The van der Waals surface area contributed by atoms with E-state index in [1.54, 1.807) is 0 Å². The molecule has 1 aliphatic rings. The van der Waals surface area contributed by atoms with Crippen LogP contribution in [0.3, 0.4) is 0 Å². The van der Waals surface area contributed by atoms with Crippen molar-refractivity contribution in [2.75, 3.05) is 32.7 Å². The van der Waals surface area contributed by atoms with Crippen LogP contribution in [-0.2, 0) is 0 Å². The van der Waals surface area contributed by atoms with Gasteiger partial charge in [-0.1, -0.05) is 13.0 Å². The third-order valence-electron chi connectivity index (χ3n) is 3.56. The lowest BCUT2D eigenvalue weighted by Crippen LogP contribution is -2.48. The summed E-state index contributed by atoms with van der Waals surface area (Å²) in [5.41, 5.74) is 1.81. The van der Waals surface area contributed by atoms with Crippen LogP contribution in [0.2, 0.25) is 0 Å². The fourth-order valence-corrected chi connectivity index (χ4v) is 2.48. The maximum atomic E-state index is 12.4. The molecule has 0 saturated carbocycles. The summed E-state index contributed by atoms with van der Waals surface area (Å²) >= 11 is 4.31. The lowest BCUT2D eigenvalue weighted by molar-refractivity contribution is 0.0642. The van der Waals surface area contributed by atoms with E-state index in [-0.39, 0.29) is 5.91 Å². The van der Waals surface area contributed by atoms with E-state index < -0.39 is 0 Å². The number of likely N-dealkylation sites (N-methyl/N-ethyl adjacent to an activating group) is 1. The Balaban J connectivity index is 2.10. The van der Waals surface area contributed by atoms with Gasteiger partial charge in [-0.3, -0.25) is 4.79 Å². The monoisotopic (exact) mass is 264 g/mol. The van der Waals surface area contributed by atoms with E-state index in [2.05, 4.69) is 24.5 Å². The van der Waals surface area contributed by atoms with Crippen molar-refractivity contribution in [3.05, 3.63) is 29.3 Å². The number of rotatable bonds is 2. The number of hydrogen-bond donors (Lipinski definition) is 1. The van der Waals surface area contributed by atoms with Crippen molar-refractivity contribution < 1.29 is 4.79 Å². The predicted molar refractivity (Wildman–Crippen MR) is 76.4 cm³/mol. The molecule has 2 rings (SSSR count). The summed E-state index contributed by atoms with van der Waals surface area (Å²) in [7, 11) is 0. The number of thiol groups is 1. The van der Waals surface area contributed by atoms with Gasteiger partial charge in [0.2, 0.25) is 0 Å². The molecule has 0 spiro atoms. The van der Waals surface area contributed by atoms with Gasteiger partial charge in [0.05, 0.1) is 0 Å². The summed E-state index contributed by atoms with van der Waals surface area (Å²) in [6.07, 6.45) is 0. The molecule has 1 saturated heterocycles. The predicted octanol–water partition coefficient (Wildman–Crippen LogP) is 2.06. The quantitative estimate of drug-likeness (QED) is 0.827. The average molecular weight is 264 g/mol. The zero-order chi connectivity index (χ0) is 13.1. The van der Waals surface area contributed by atoms with Crippen molar-refractivity contribution >= 4 is 18.5 Å². The summed E-state index contributed by atoms with van der Waals surface area (Å²) in [6.45, 7) is 8.79. The van der Waals surface area contributed by atoms with Crippen molar-refractivity contribution in [1.82, 2.24) is 9.80 Å². The minimum atomic E-state index is 0.138. The smallest absolute Gasteiger partial charge is 0.254 e. The summed E-state index contributed by atoms with van der Waals surface area (Å²) in [5, 5.41) is 0. The fourth-order valence-electron chi connectivity index (χ4n) is 2.28. The highest BCUT2D eigenvalue weighted by Crippen LogP contribution is 2.17. The van der Waals surface area contributed by atoms with Gasteiger partial charge in [0.25, 0.3) is 5.91 Å². The summed E-state index contributed by atoms with van der Waals surface area (Å²) in [6, 6.07) is 5.75. The molecule has 18 heavy (non-hydrogen) atoms. The van der Waals surface area contributed by atoms with Crippen molar-refractivity contribution in [3.63, 3.8) is 0 Å². The van der Waals surface area contributed by atoms with Crippen LogP contribution in [-0.4, -0.2) is 48.4 Å². The molecule has 1 aliphatic heterocycles.